The van der Waals surface area contributed by atoms with Crippen molar-refractivity contribution in [3.05, 3.63) is 30.3 Å². The van der Waals surface area contributed by atoms with Crippen LogP contribution in [0.3, 0.4) is 0 Å². The molecule has 11 heteroatoms. The summed E-state index contributed by atoms with van der Waals surface area (Å²) in [4.78, 5) is 21.3. The molecule has 0 spiro atoms. The van der Waals surface area contributed by atoms with Crippen LogP contribution in [0.5, 0.6) is 0 Å². The zero-order chi connectivity index (χ0) is 22.7. The second kappa shape index (κ2) is 9.60. The maximum Gasteiger partial charge on any atom is 0.324 e. The van der Waals surface area contributed by atoms with Crippen molar-refractivity contribution in [2.45, 2.75) is 31.9 Å². The van der Waals surface area contributed by atoms with Gasteiger partial charge in [0, 0.05) is 47.6 Å². The van der Waals surface area contributed by atoms with Gasteiger partial charge in [-0.25, -0.2) is 0 Å². The van der Waals surface area contributed by atoms with Crippen molar-refractivity contribution in [3.63, 3.8) is 0 Å². The Balaban J connectivity index is 1.46. The number of anilines is 4. The van der Waals surface area contributed by atoms with Gasteiger partial charge in [-0.05, 0) is 30.9 Å². The molecular weight excluding hydrogens is 428 g/mol. The summed E-state index contributed by atoms with van der Waals surface area (Å²) in [7, 11) is 1.08. The van der Waals surface area contributed by atoms with E-state index in [1.165, 1.54) is 0 Å². The average molecular weight is 457 g/mol. The molecule has 10 nitrogen and oxygen atoms in total. The first-order valence-electron chi connectivity index (χ1n) is 10.7. The predicted molar refractivity (Wildman–Crippen MR) is 125 cm³/mol. The van der Waals surface area contributed by atoms with E-state index >= 15 is 0 Å². The molecule has 2 aromatic heterocycles. The molecule has 1 atom stereocenters. The summed E-state index contributed by atoms with van der Waals surface area (Å²) in [6.07, 6.45) is 1.89. The monoisotopic (exact) mass is 456 g/mol. The summed E-state index contributed by atoms with van der Waals surface area (Å²) < 4.78 is 17.6. The van der Waals surface area contributed by atoms with Crippen LogP contribution in [-0.4, -0.2) is 60.4 Å². The fourth-order valence-corrected chi connectivity index (χ4v) is 4.73. The predicted octanol–water partition coefficient (Wildman–Crippen LogP) is 2.65. The van der Waals surface area contributed by atoms with E-state index in [-0.39, 0.29) is 22.8 Å². The van der Waals surface area contributed by atoms with Crippen molar-refractivity contribution in [2.24, 2.45) is 5.92 Å². The lowest BCUT2D eigenvalue weighted by Gasteiger charge is -2.30. The van der Waals surface area contributed by atoms with Crippen LogP contribution in [-0.2, 0) is 10.8 Å². The van der Waals surface area contributed by atoms with E-state index in [2.05, 4.69) is 25.1 Å². The Morgan fingerprint density at radius 1 is 1.12 bits per heavy atom. The highest BCUT2D eigenvalue weighted by molar-refractivity contribution is 7.85. The van der Waals surface area contributed by atoms with Crippen molar-refractivity contribution < 1.29 is 8.73 Å². The van der Waals surface area contributed by atoms with Gasteiger partial charge >= 0.3 is 6.01 Å². The Morgan fingerprint density at radius 2 is 1.84 bits per heavy atom. The van der Waals surface area contributed by atoms with Gasteiger partial charge in [-0.15, -0.1) is 0 Å². The minimum atomic E-state index is -0.777. The lowest BCUT2D eigenvalue weighted by Crippen LogP contribution is -2.36. The average Bonchev–Trinajstić information content (AvgIpc) is 3.29. The van der Waals surface area contributed by atoms with Gasteiger partial charge < -0.3 is 20.1 Å². The van der Waals surface area contributed by atoms with Crippen LogP contribution < -0.4 is 15.5 Å². The number of nitrogens with zero attached hydrogens (tertiary/aromatic N) is 7. The number of aromatic nitrogens is 5. The SMILES string of the molecule is CC(C)S(=O)CC1CCN(c2nc(-c3nc(N)nc(N(C)c4ccccc4)n3)no2)CC1. The van der Waals surface area contributed by atoms with E-state index in [1.807, 2.05) is 61.0 Å². The Hall–Kier alpha value is -3.08. The first kappa shape index (κ1) is 22.1. The summed E-state index contributed by atoms with van der Waals surface area (Å²) in [5.41, 5.74) is 6.84. The molecule has 3 aromatic rings. The second-order valence-electron chi connectivity index (χ2n) is 8.14. The first-order valence-corrected chi connectivity index (χ1v) is 12.1. The van der Waals surface area contributed by atoms with Gasteiger partial charge in [-0.1, -0.05) is 37.2 Å². The Morgan fingerprint density at radius 3 is 2.53 bits per heavy atom. The van der Waals surface area contributed by atoms with Crippen molar-refractivity contribution in [3.8, 4) is 11.6 Å². The molecule has 1 aliphatic heterocycles. The molecule has 0 radical (unpaired) electrons. The highest BCUT2D eigenvalue weighted by Gasteiger charge is 2.26. The Kier molecular flexibility index (Phi) is 6.63. The van der Waals surface area contributed by atoms with Crippen LogP contribution >= 0.6 is 0 Å². The van der Waals surface area contributed by atoms with E-state index in [4.69, 9.17) is 10.3 Å². The fraction of sp³-hybridized carbons (Fsp3) is 0.476. The summed E-state index contributed by atoms with van der Waals surface area (Å²) in [6.45, 7) is 5.57. The zero-order valence-electron chi connectivity index (χ0n) is 18.5. The highest BCUT2D eigenvalue weighted by atomic mass is 32.2. The van der Waals surface area contributed by atoms with E-state index in [1.54, 1.807) is 0 Å². The lowest BCUT2D eigenvalue weighted by molar-refractivity contribution is 0.378. The molecule has 0 aliphatic carbocycles. The quantitative estimate of drug-likeness (QED) is 0.566. The van der Waals surface area contributed by atoms with Crippen LogP contribution in [0.1, 0.15) is 26.7 Å². The van der Waals surface area contributed by atoms with Crippen LogP contribution in [0, 0.1) is 5.92 Å². The molecule has 4 rings (SSSR count). The first-order chi connectivity index (χ1) is 15.4. The standard InChI is InChI=1S/C21H28N8O2S/c1-14(2)32(30)13-15-9-11-29(12-10-15)21-25-18(27-31-21)17-23-19(22)26-20(24-17)28(3)16-7-5-4-6-8-16/h4-8,14-15H,9-13H2,1-3H3,(H2,22,23,24,26). The molecule has 1 aromatic carbocycles. The summed E-state index contributed by atoms with van der Waals surface area (Å²) in [6, 6.07) is 10.1. The molecule has 3 heterocycles. The number of hydrogen-bond donors (Lipinski definition) is 1. The number of nitrogens with two attached hydrogens (primary N) is 1. The van der Waals surface area contributed by atoms with Gasteiger partial charge in [0.15, 0.2) is 0 Å². The van der Waals surface area contributed by atoms with Gasteiger partial charge in [0.05, 0.1) is 0 Å². The van der Waals surface area contributed by atoms with Crippen LogP contribution in [0.4, 0.5) is 23.6 Å². The fourth-order valence-electron chi connectivity index (χ4n) is 3.55. The van der Waals surface area contributed by atoms with E-state index < -0.39 is 10.8 Å². The van der Waals surface area contributed by atoms with Crippen molar-refractivity contribution >= 4 is 34.4 Å². The molecule has 0 amide bonds. The third kappa shape index (κ3) is 5.04. The van der Waals surface area contributed by atoms with E-state index in [0.29, 0.717) is 17.9 Å². The molecule has 1 saturated heterocycles. The highest BCUT2D eigenvalue weighted by Crippen LogP contribution is 2.26. The third-order valence-electron chi connectivity index (χ3n) is 5.51. The Labute approximate surface area is 189 Å². The summed E-state index contributed by atoms with van der Waals surface area (Å²) >= 11 is 0. The molecule has 1 unspecified atom stereocenters. The number of piperidine rings is 1. The van der Waals surface area contributed by atoms with Crippen LogP contribution in [0.25, 0.3) is 11.6 Å². The van der Waals surface area contributed by atoms with Crippen molar-refractivity contribution in [1.82, 2.24) is 25.1 Å². The maximum absolute atomic E-state index is 12.1. The minimum absolute atomic E-state index is 0.0816. The molecule has 32 heavy (non-hydrogen) atoms. The third-order valence-corrected chi connectivity index (χ3v) is 7.36. The smallest absolute Gasteiger partial charge is 0.324 e. The molecule has 1 aliphatic rings. The largest absolute Gasteiger partial charge is 0.368 e. The van der Waals surface area contributed by atoms with Crippen molar-refractivity contribution in [1.29, 1.82) is 0 Å². The molecule has 0 saturated carbocycles. The number of benzene rings is 1. The number of para-hydroxylation sites is 1. The van der Waals surface area contributed by atoms with Gasteiger partial charge in [0.25, 0.3) is 0 Å². The molecule has 2 N–H and O–H groups in total. The minimum Gasteiger partial charge on any atom is -0.368 e. The van der Waals surface area contributed by atoms with Gasteiger partial charge in [-0.2, -0.15) is 19.9 Å². The number of nitrogen functional groups attached to an aromatic ring is 1. The van der Waals surface area contributed by atoms with Gasteiger partial charge in [0.1, 0.15) is 0 Å². The molecule has 170 valence electrons. The number of rotatable bonds is 7. The Bertz CT molecular complexity index is 1070. The van der Waals surface area contributed by atoms with Crippen LogP contribution in [0.2, 0.25) is 0 Å². The van der Waals surface area contributed by atoms with Gasteiger partial charge in [0.2, 0.25) is 23.5 Å². The molecule has 0 bridgehead atoms. The van der Waals surface area contributed by atoms with Crippen LogP contribution in [0.15, 0.2) is 34.9 Å². The van der Waals surface area contributed by atoms with Crippen molar-refractivity contribution in [2.75, 3.05) is 41.4 Å². The maximum atomic E-state index is 12.1. The zero-order valence-corrected chi connectivity index (χ0v) is 19.3. The normalized spacial score (nSPS) is 15.8. The lowest BCUT2D eigenvalue weighted by atomic mass is 9.99. The second-order valence-corrected chi connectivity index (χ2v) is 10.2. The topological polar surface area (TPSA) is 127 Å². The number of hydrogen-bond acceptors (Lipinski definition) is 10. The molecule has 1 fully saturated rings. The van der Waals surface area contributed by atoms with E-state index in [9.17, 15) is 4.21 Å². The summed E-state index contributed by atoms with van der Waals surface area (Å²) in [5, 5.41) is 4.26. The summed E-state index contributed by atoms with van der Waals surface area (Å²) in [5.74, 6) is 2.20. The van der Waals surface area contributed by atoms with Gasteiger partial charge in [-0.3, -0.25) is 4.21 Å². The van der Waals surface area contributed by atoms with E-state index in [0.717, 1.165) is 37.4 Å². The molecular formula is C21H28N8O2S.